The van der Waals surface area contributed by atoms with Gasteiger partial charge in [0.1, 0.15) is 5.78 Å². The highest BCUT2D eigenvalue weighted by Gasteiger charge is 2.28. The van der Waals surface area contributed by atoms with E-state index < -0.39 is 6.09 Å². The van der Waals surface area contributed by atoms with Crippen LogP contribution in [0.3, 0.4) is 0 Å². The van der Waals surface area contributed by atoms with Crippen molar-refractivity contribution in [3.63, 3.8) is 0 Å². The Hall–Kier alpha value is -0.710. The molecule has 12 heavy (non-hydrogen) atoms. The molecule has 1 aliphatic heterocycles. The monoisotopic (exact) mass is 189 g/mol. The van der Waals surface area contributed by atoms with Crippen LogP contribution in [0.25, 0.3) is 0 Å². The lowest BCUT2D eigenvalue weighted by Crippen LogP contribution is -2.44. The molecule has 1 atom stereocenters. The molecule has 0 aliphatic carbocycles. The summed E-state index contributed by atoms with van der Waals surface area (Å²) in [7, 11) is 0. The Labute approximate surface area is 74.9 Å². The van der Waals surface area contributed by atoms with E-state index in [2.05, 4.69) is 0 Å². The third-order valence-electron chi connectivity index (χ3n) is 1.93. The second-order valence-corrected chi connectivity index (χ2v) is 3.71. The van der Waals surface area contributed by atoms with Crippen molar-refractivity contribution in [1.82, 2.24) is 4.90 Å². The second-order valence-electron chi connectivity index (χ2n) is 2.67. The number of carboxylic acid groups (broad SMARTS) is 1. The van der Waals surface area contributed by atoms with Gasteiger partial charge in [-0.1, -0.05) is 0 Å². The predicted molar refractivity (Wildman–Crippen MR) is 46.5 cm³/mol. The highest BCUT2D eigenvalue weighted by atomic mass is 32.2. The van der Waals surface area contributed by atoms with Crippen LogP contribution in [0, 0.1) is 0 Å². The number of carbonyl (C=O) groups is 2. The van der Waals surface area contributed by atoms with Gasteiger partial charge >= 0.3 is 6.09 Å². The van der Waals surface area contributed by atoms with Crippen LogP contribution in [0.1, 0.15) is 6.42 Å². The van der Waals surface area contributed by atoms with Crippen LogP contribution in [0.2, 0.25) is 0 Å². The molecule has 0 aromatic rings. The molecule has 0 saturated carbocycles. The van der Waals surface area contributed by atoms with E-state index in [0.717, 1.165) is 0 Å². The van der Waals surface area contributed by atoms with Crippen molar-refractivity contribution in [2.24, 2.45) is 0 Å². The summed E-state index contributed by atoms with van der Waals surface area (Å²) >= 11 is 1.42. The lowest BCUT2D eigenvalue weighted by Gasteiger charge is -2.28. The Bertz CT molecular complexity index is 207. The molecule has 0 aromatic heterocycles. The summed E-state index contributed by atoms with van der Waals surface area (Å²) in [5.74, 6) is 0.167. The fraction of sp³-hybridized carbons (Fsp3) is 0.714. The molecule has 0 spiro atoms. The average molecular weight is 189 g/mol. The van der Waals surface area contributed by atoms with Crippen LogP contribution in [0.5, 0.6) is 0 Å². The smallest absolute Gasteiger partial charge is 0.407 e. The molecule has 1 rings (SSSR count). The van der Waals surface area contributed by atoms with Gasteiger partial charge < -0.3 is 10.0 Å². The normalized spacial score (nSPS) is 24.2. The summed E-state index contributed by atoms with van der Waals surface area (Å²) in [5, 5.41) is 8.49. The SMILES string of the molecule is CSC1CN(C(=O)O)CCC1=O. The van der Waals surface area contributed by atoms with Gasteiger partial charge in [0.15, 0.2) is 0 Å². The summed E-state index contributed by atoms with van der Waals surface area (Å²) in [5.41, 5.74) is 0. The van der Waals surface area contributed by atoms with Crippen molar-refractivity contribution >= 4 is 23.6 Å². The molecule has 1 amide bonds. The van der Waals surface area contributed by atoms with Crippen LogP contribution in [0.15, 0.2) is 0 Å². The maximum absolute atomic E-state index is 11.2. The quantitative estimate of drug-likeness (QED) is 0.658. The van der Waals surface area contributed by atoms with E-state index in [-0.39, 0.29) is 11.0 Å². The first-order valence-electron chi connectivity index (χ1n) is 3.68. The van der Waals surface area contributed by atoms with Crippen molar-refractivity contribution in [3.05, 3.63) is 0 Å². The summed E-state index contributed by atoms with van der Waals surface area (Å²) in [6, 6.07) is 0. The van der Waals surface area contributed by atoms with Crippen molar-refractivity contribution in [3.8, 4) is 0 Å². The minimum atomic E-state index is -0.929. The molecule has 0 radical (unpaired) electrons. The maximum atomic E-state index is 11.2. The molecule has 68 valence electrons. The van der Waals surface area contributed by atoms with Crippen molar-refractivity contribution < 1.29 is 14.7 Å². The highest BCUT2D eigenvalue weighted by molar-refractivity contribution is 8.00. The molecular weight excluding hydrogens is 178 g/mol. The second kappa shape index (κ2) is 3.80. The van der Waals surface area contributed by atoms with Gasteiger partial charge in [0.2, 0.25) is 0 Å². The number of carbonyl (C=O) groups excluding carboxylic acids is 1. The fourth-order valence-electron chi connectivity index (χ4n) is 1.18. The molecule has 1 saturated heterocycles. The van der Waals surface area contributed by atoms with Gasteiger partial charge in [-0.05, 0) is 6.26 Å². The van der Waals surface area contributed by atoms with Crippen LogP contribution in [0.4, 0.5) is 4.79 Å². The van der Waals surface area contributed by atoms with E-state index in [1.54, 1.807) is 0 Å². The van der Waals surface area contributed by atoms with Gasteiger partial charge in [-0.2, -0.15) is 11.8 Å². The molecule has 1 fully saturated rings. The summed E-state index contributed by atoms with van der Waals surface area (Å²) in [6.07, 6.45) is 1.26. The third-order valence-corrected chi connectivity index (χ3v) is 2.91. The first-order chi connectivity index (χ1) is 5.65. The molecule has 0 bridgehead atoms. The van der Waals surface area contributed by atoms with Gasteiger partial charge in [-0.25, -0.2) is 4.79 Å². The van der Waals surface area contributed by atoms with E-state index in [0.29, 0.717) is 19.5 Å². The zero-order valence-corrected chi connectivity index (χ0v) is 7.63. The first-order valence-corrected chi connectivity index (χ1v) is 4.97. The van der Waals surface area contributed by atoms with Crippen molar-refractivity contribution in [2.75, 3.05) is 19.3 Å². The zero-order valence-electron chi connectivity index (χ0n) is 6.82. The number of hydrogen-bond donors (Lipinski definition) is 1. The number of amides is 1. The number of thioether (sulfide) groups is 1. The number of hydrogen-bond acceptors (Lipinski definition) is 3. The van der Waals surface area contributed by atoms with E-state index in [1.165, 1.54) is 16.7 Å². The zero-order chi connectivity index (χ0) is 9.14. The number of ketones is 1. The number of rotatable bonds is 1. The van der Waals surface area contributed by atoms with E-state index in [1.807, 2.05) is 6.26 Å². The average Bonchev–Trinajstić information content (AvgIpc) is 2.05. The maximum Gasteiger partial charge on any atom is 0.407 e. The predicted octanol–water partition coefficient (Wildman–Crippen LogP) is 0.671. The Morgan fingerprint density at radius 3 is 2.92 bits per heavy atom. The van der Waals surface area contributed by atoms with E-state index in [4.69, 9.17) is 5.11 Å². The van der Waals surface area contributed by atoms with Gasteiger partial charge in [0.05, 0.1) is 5.25 Å². The molecule has 0 aromatic carbocycles. The molecule has 1 aliphatic rings. The molecule has 1 N–H and O–H groups in total. The first kappa shape index (κ1) is 9.38. The van der Waals surface area contributed by atoms with Crippen molar-refractivity contribution in [1.29, 1.82) is 0 Å². The van der Waals surface area contributed by atoms with Gasteiger partial charge in [0, 0.05) is 19.5 Å². The van der Waals surface area contributed by atoms with Crippen molar-refractivity contribution in [2.45, 2.75) is 11.7 Å². The van der Waals surface area contributed by atoms with Gasteiger partial charge in [-0.15, -0.1) is 0 Å². The van der Waals surface area contributed by atoms with Crippen LogP contribution in [-0.4, -0.2) is 46.5 Å². The Morgan fingerprint density at radius 1 is 1.75 bits per heavy atom. The summed E-state index contributed by atoms with van der Waals surface area (Å²) in [4.78, 5) is 23.0. The molecular formula is C7H11NO3S. The number of piperidine rings is 1. The Morgan fingerprint density at radius 2 is 2.42 bits per heavy atom. The van der Waals surface area contributed by atoms with Gasteiger partial charge in [0.25, 0.3) is 0 Å². The highest BCUT2D eigenvalue weighted by Crippen LogP contribution is 2.16. The fourth-order valence-corrected chi connectivity index (χ4v) is 1.89. The van der Waals surface area contributed by atoms with Gasteiger partial charge in [-0.3, -0.25) is 4.79 Å². The lowest BCUT2D eigenvalue weighted by atomic mass is 10.1. The van der Waals surface area contributed by atoms with Crippen LogP contribution in [-0.2, 0) is 4.79 Å². The largest absolute Gasteiger partial charge is 0.465 e. The topological polar surface area (TPSA) is 57.6 Å². The molecule has 1 heterocycles. The third kappa shape index (κ3) is 1.91. The Balaban J connectivity index is 2.55. The molecule has 4 nitrogen and oxygen atoms in total. The minimum Gasteiger partial charge on any atom is -0.465 e. The number of Topliss-reactive ketones (excluding diaryl/α,β-unsaturated/α-hetero) is 1. The van der Waals surface area contributed by atoms with E-state index in [9.17, 15) is 9.59 Å². The minimum absolute atomic E-state index is 0.158. The number of nitrogens with zero attached hydrogens (tertiary/aromatic N) is 1. The van der Waals surface area contributed by atoms with Crippen LogP contribution >= 0.6 is 11.8 Å². The molecule has 5 heteroatoms. The summed E-state index contributed by atoms with van der Waals surface area (Å²) < 4.78 is 0. The lowest BCUT2D eigenvalue weighted by molar-refractivity contribution is -0.120. The Kier molecular flexibility index (Phi) is 2.97. The summed E-state index contributed by atoms with van der Waals surface area (Å²) in [6.45, 7) is 0.695. The van der Waals surface area contributed by atoms with Crippen LogP contribution < -0.4 is 0 Å². The molecule has 1 unspecified atom stereocenters. The number of likely N-dealkylation sites (tertiary alicyclic amines) is 1. The standard InChI is InChI=1S/C7H11NO3S/c1-12-6-4-8(7(10)11)3-2-5(6)9/h6H,2-4H2,1H3,(H,10,11). The van der Waals surface area contributed by atoms with E-state index >= 15 is 0 Å².